The predicted molar refractivity (Wildman–Crippen MR) is 63.2 cm³/mol. The second-order valence-electron chi connectivity index (χ2n) is 5.19. The second-order valence-corrected chi connectivity index (χ2v) is 5.19. The number of ether oxygens (including phenoxy) is 1. The van der Waals surface area contributed by atoms with Gasteiger partial charge in [0.05, 0.1) is 12.0 Å². The van der Waals surface area contributed by atoms with E-state index in [1.165, 1.54) is 5.56 Å². The lowest BCUT2D eigenvalue weighted by Crippen LogP contribution is -2.39. The maximum atomic E-state index is 11.4. The minimum atomic E-state index is -0.631. The Labute approximate surface area is 100 Å². The van der Waals surface area contributed by atoms with Crippen molar-refractivity contribution in [3.05, 3.63) is 29.8 Å². The lowest BCUT2D eigenvalue weighted by molar-refractivity contribution is -0.155. The third-order valence-electron chi connectivity index (χ3n) is 4.20. The number of carboxylic acids is 1. The fourth-order valence-corrected chi connectivity index (χ4v) is 2.98. The molecule has 0 saturated heterocycles. The lowest BCUT2D eigenvalue weighted by Gasteiger charge is -2.39. The Balaban J connectivity index is 1.81. The van der Waals surface area contributed by atoms with E-state index < -0.39 is 11.4 Å². The highest BCUT2D eigenvalue weighted by molar-refractivity contribution is 5.75. The second kappa shape index (κ2) is 3.76. The van der Waals surface area contributed by atoms with E-state index in [0.29, 0.717) is 6.61 Å². The summed E-state index contributed by atoms with van der Waals surface area (Å²) in [6, 6.07) is 7.97. The number of fused-ring (bicyclic) bond motifs is 1. The first-order valence-electron chi connectivity index (χ1n) is 6.16. The van der Waals surface area contributed by atoms with Gasteiger partial charge in [-0.15, -0.1) is 0 Å². The van der Waals surface area contributed by atoms with Gasteiger partial charge in [-0.25, -0.2) is 0 Å². The lowest BCUT2D eigenvalue weighted by atomic mass is 9.64. The van der Waals surface area contributed by atoms with E-state index in [2.05, 4.69) is 6.07 Å². The smallest absolute Gasteiger partial charge is 0.309 e. The molecule has 1 aromatic rings. The van der Waals surface area contributed by atoms with Gasteiger partial charge in [-0.1, -0.05) is 24.6 Å². The highest BCUT2D eigenvalue weighted by Gasteiger charge is 2.47. The Morgan fingerprint density at radius 3 is 2.82 bits per heavy atom. The first-order chi connectivity index (χ1) is 8.21. The Kier molecular flexibility index (Phi) is 2.35. The van der Waals surface area contributed by atoms with Crippen LogP contribution in [0.15, 0.2) is 24.3 Å². The van der Waals surface area contributed by atoms with Crippen LogP contribution in [0.3, 0.4) is 0 Å². The predicted octanol–water partition coefficient (Wildman–Crippen LogP) is 2.81. The minimum Gasteiger partial charge on any atom is -0.493 e. The summed E-state index contributed by atoms with van der Waals surface area (Å²) in [4.78, 5) is 11.4. The molecule has 1 saturated carbocycles. The molecular formula is C14H16O3. The molecule has 1 unspecified atom stereocenters. The molecule has 3 rings (SSSR count). The Bertz CT molecular complexity index is 449. The van der Waals surface area contributed by atoms with E-state index in [1.54, 1.807) is 0 Å². The summed E-state index contributed by atoms with van der Waals surface area (Å²) in [5, 5.41) is 9.35. The van der Waals surface area contributed by atoms with Crippen LogP contribution in [0.4, 0.5) is 0 Å². The van der Waals surface area contributed by atoms with Crippen molar-refractivity contribution in [2.75, 3.05) is 6.61 Å². The van der Waals surface area contributed by atoms with E-state index in [4.69, 9.17) is 4.74 Å². The number of hydrogen-bond donors (Lipinski definition) is 1. The molecule has 1 aromatic carbocycles. The van der Waals surface area contributed by atoms with Gasteiger partial charge in [0.15, 0.2) is 0 Å². The molecule has 1 aliphatic heterocycles. The fourth-order valence-electron chi connectivity index (χ4n) is 2.98. The van der Waals surface area contributed by atoms with Crippen molar-refractivity contribution in [1.82, 2.24) is 0 Å². The summed E-state index contributed by atoms with van der Waals surface area (Å²) >= 11 is 0. The molecule has 0 spiro atoms. The molecule has 0 bridgehead atoms. The first-order valence-corrected chi connectivity index (χ1v) is 6.16. The quantitative estimate of drug-likeness (QED) is 0.871. The van der Waals surface area contributed by atoms with Gasteiger partial charge in [0.1, 0.15) is 5.75 Å². The number of benzene rings is 1. The molecular weight excluding hydrogens is 216 g/mol. The van der Waals surface area contributed by atoms with Crippen LogP contribution in [0.2, 0.25) is 0 Å². The molecule has 90 valence electrons. The Morgan fingerprint density at radius 2 is 2.18 bits per heavy atom. The fraction of sp³-hybridized carbons (Fsp3) is 0.500. The Hall–Kier alpha value is -1.51. The van der Waals surface area contributed by atoms with Crippen LogP contribution in [0.25, 0.3) is 0 Å². The topological polar surface area (TPSA) is 46.5 Å². The van der Waals surface area contributed by atoms with Crippen LogP contribution < -0.4 is 4.74 Å². The van der Waals surface area contributed by atoms with Crippen molar-refractivity contribution >= 4 is 5.97 Å². The summed E-state index contributed by atoms with van der Waals surface area (Å²) in [7, 11) is 0. The van der Waals surface area contributed by atoms with E-state index in [1.807, 2.05) is 18.2 Å². The molecule has 1 N–H and O–H groups in total. The van der Waals surface area contributed by atoms with Crippen molar-refractivity contribution in [2.45, 2.75) is 31.6 Å². The maximum Gasteiger partial charge on any atom is 0.309 e. The van der Waals surface area contributed by atoms with Crippen LogP contribution in [0.1, 0.15) is 37.2 Å². The number of rotatable bonds is 3. The van der Waals surface area contributed by atoms with Gasteiger partial charge in [0.2, 0.25) is 0 Å². The summed E-state index contributed by atoms with van der Waals surface area (Å²) in [5.74, 6) is 0.549. The zero-order valence-electron chi connectivity index (χ0n) is 9.69. The maximum absolute atomic E-state index is 11.4. The van der Waals surface area contributed by atoms with Gasteiger partial charge in [0, 0.05) is 11.5 Å². The van der Waals surface area contributed by atoms with Gasteiger partial charge >= 0.3 is 5.97 Å². The van der Waals surface area contributed by atoms with Crippen molar-refractivity contribution in [2.24, 2.45) is 5.41 Å². The monoisotopic (exact) mass is 232 g/mol. The molecule has 1 fully saturated rings. The number of hydrogen-bond acceptors (Lipinski definition) is 2. The molecule has 2 aliphatic rings. The van der Waals surface area contributed by atoms with Crippen LogP contribution in [0, 0.1) is 5.41 Å². The molecule has 0 aromatic heterocycles. The third kappa shape index (κ3) is 1.61. The molecule has 17 heavy (non-hydrogen) atoms. The van der Waals surface area contributed by atoms with E-state index >= 15 is 0 Å². The summed E-state index contributed by atoms with van der Waals surface area (Å²) in [6.07, 6.45) is 3.41. The molecule has 0 amide bonds. The van der Waals surface area contributed by atoms with Crippen LogP contribution in [0.5, 0.6) is 5.75 Å². The van der Waals surface area contributed by atoms with Crippen LogP contribution in [-0.4, -0.2) is 17.7 Å². The standard InChI is InChI=1S/C14H16O3/c15-13(16)14(6-3-7-14)8-10-9-17-12-5-2-1-4-11(10)12/h1-2,4-5,10H,3,6-9H2,(H,15,16). The summed E-state index contributed by atoms with van der Waals surface area (Å²) in [6.45, 7) is 0.633. The van der Waals surface area contributed by atoms with Crippen molar-refractivity contribution in [3.63, 3.8) is 0 Å². The van der Waals surface area contributed by atoms with Gasteiger partial charge in [-0.2, -0.15) is 0 Å². The van der Waals surface area contributed by atoms with Gasteiger partial charge in [-0.3, -0.25) is 4.79 Å². The summed E-state index contributed by atoms with van der Waals surface area (Å²) < 4.78 is 5.61. The van der Waals surface area contributed by atoms with Crippen molar-refractivity contribution in [3.8, 4) is 5.75 Å². The average molecular weight is 232 g/mol. The van der Waals surface area contributed by atoms with E-state index in [-0.39, 0.29) is 5.92 Å². The SMILES string of the molecule is O=C(O)C1(CC2COc3ccccc32)CCC1. The number of aliphatic carboxylic acids is 1. The van der Waals surface area contributed by atoms with Crippen LogP contribution in [-0.2, 0) is 4.79 Å². The van der Waals surface area contributed by atoms with Crippen LogP contribution >= 0.6 is 0 Å². The minimum absolute atomic E-state index is 0.252. The molecule has 3 heteroatoms. The molecule has 1 atom stereocenters. The van der Waals surface area contributed by atoms with Gasteiger partial charge < -0.3 is 9.84 Å². The Morgan fingerprint density at radius 1 is 1.41 bits per heavy atom. The van der Waals surface area contributed by atoms with Gasteiger partial charge in [-0.05, 0) is 25.3 Å². The van der Waals surface area contributed by atoms with E-state index in [0.717, 1.165) is 31.4 Å². The highest BCUT2D eigenvalue weighted by atomic mass is 16.5. The normalized spacial score (nSPS) is 24.6. The zero-order valence-corrected chi connectivity index (χ0v) is 9.69. The zero-order chi connectivity index (χ0) is 11.9. The summed E-state index contributed by atoms with van der Waals surface area (Å²) in [5.41, 5.74) is 0.700. The molecule has 0 radical (unpaired) electrons. The highest BCUT2D eigenvalue weighted by Crippen LogP contribution is 2.50. The first kappa shape index (κ1) is 10.6. The van der Waals surface area contributed by atoms with E-state index in [9.17, 15) is 9.90 Å². The number of para-hydroxylation sites is 1. The largest absolute Gasteiger partial charge is 0.493 e. The number of carboxylic acid groups (broad SMARTS) is 1. The average Bonchev–Trinajstić information content (AvgIpc) is 2.66. The van der Waals surface area contributed by atoms with Crippen molar-refractivity contribution < 1.29 is 14.6 Å². The third-order valence-corrected chi connectivity index (χ3v) is 4.20. The number of carbonyl (C=O) groups is 1. The molecule has 1 heterocycles. The molecule has 1 aliphatic carbocycles. The van der Waals surface area contributed by atoms with Gasteiger partial charge in [0.25, 0.3) is 0 Å². The molecule has 3 nitrogen and oxygen atoms in total. The van der Waals surface area contributed by atoms with Crippen molar-refractivity contribution in [1.29, 1.82) is 0 Å².